The number of carbonyl (C=O) groups is 6. The van der Waals surface area contributed by atoms with Crippen LogP contribution in [0.5, 0.6) is 5.88 Å². The molecule has 4 N–H and O–H groups in total. The zero-order valence-corrected chi connectivity index (χ0v) is 37.7. The van der Waals surface area contributed by atoms with Gasteiger partial charge in [0, 0.05) is 71.6 Å². The molecule has 5 heterocycles. The van der Waals surface area contributed by atoms with E-state index in [0.29, 0.717) is 59.6 Å². The Bertz CT molecular complexity index is 2560. The molecule has 2 saturated heterocycles. The highest BCUT2D eigenvalue weighted by atomic mass is 19.1. The van der Waals surface area contributed by atoms with Gasteiger partial charge in [0.2, 0.25) is 17.7 Å². The van der Waals surface area contributed by atoms with Gasteiger partial charge in [0.1, 0.15) is 12.6 Å². The third-order valence-corrected chi connectivity index (χ3v) is 16.0. The number of amides is 6. The average Bonchev–Trinajstić information content (AvgIpc) is 3.73. The second kappa shape index (κ2) is 17.7. The first-order valence-electron chi connectivity index (χ1n) is 24.0. The van der Waals surface area contributed by atoms with Crippen molar-refractivity contribution in [1.82, 2.24) is 30.7 Å². The van der Waals surface area contributed by atoms with E-state index in [9.17, 15) is 33.2 Å². The van der Waals surface area contributed by atoms with E-state index in [0.717, 1.165) is 97.6 Å². The summed E-state index contributed by atoms with van der Waals surface area (Å²) in [4.78, 5) is 84.4. The smallest absolute Gasteiger partial charge is 0.264 e. The number of aromatic nitrogens is 1. The van der Waals surface area contributed by atoms with Crippen molar-refractivity contribution in [3.63, 3.8) is 0 Å². The summed E-state index contributed by atoms with van der Waals surface area (Å²) >= 11 is 0. The molecule has 4 atom stereocenters. The molecule has 3 aromatic rings. The third kappa shape index (κ3) is 8.19. The maximum atomic E-state index is 14.5. The monoisotopic (exact) mass is 899 g/mol. The summed E-state index contributed by atoms with van der Waals surface area (Å²) in [6.07, 6.45) is 12.5. The van der Waals surface area contributed by atoms with Crippen LogP contribution in [0.4, 0.5) is 10.1 Å². The molecule has 66 heavy (non-hydrogen) atoms. The lowest BCUT2D eigenvalue weighted by atomic mass is 9.57. The zero-order valence-electron chi connectivity index (χ0n) is 37.7. The number of alkyl halides is 1. The molecule has 14 nitrogen and oxygen atoms in total. The van der Waals surface area contributed by atoms with Crippen LogP contribution in [0.25, 0.3) is 10.8 Å². The molecule has 0 radical (unpaired) electrons. The number of ether oxygens (including phenoxy) is 1. The van der Waals surface area contributed by atoms with Gasteiger partial charge in [-0.1, -0.05) is 24.8 Å². The lowest BCUT2D eigenvalue weighted by molar-refractivity contribution is -0.136. The number of halogens is 1. The van der Waals surface area contributed by atoms with Crippen LogP contribution in [-0.2, 0) is 20.8 Å². The number of fused-ring (bicyclic) bond motifs is 3. The van der Waals surface area contributed by atoms with Crippen LogP contribution < -0.4 is 26.0 Å². The Balaban J connectivity index is 0.711. The minimum absolute atomic E-state index is 0.0868. The summed E-state index contributed by atoms with van der Waals surface area (Å²) in [7, 11) is 2.28. The molecular weight excluding hydrogens is 842 g/mol. The van der Waals surface area contributed by atoms with Gasteiger partial charge in [-0.25, -0.2) is 9.37 Å². The summed E-state index contributed by atoms with van der Waals surface area (Å²) in [6, 6.07) is 8.42. The van der Waals surface area contributed by atoms with Crippen molar-refractivity contribution in [3.05, 3.63) is 64.3 Å². The number of hydrogen-bond acceptors (Lipinski definition) is 10. The highest BCUT2D eigenvalue weighted by Gasteiger charge is 2.49. The number of hydrogen-bond donors (Lipinski definition) is 4. The Morgan fingerprint density at radius 3 is 2.48 bits per heavy atom. The SMILES string of the molecule is CC[C@H]1C(COc2ncc(C#CC3CCC(CN(C)C4CCC5(CC4)CC(Nc4cccc6c4C(=O)N(C4CCC(=O)NC4=O)C6=O)C5)CC3)c3cc4c(cc23)CCNC4=O)NC(=O)[C@H]1F. The molecule has 346 valence electrons. The Kier molecular flexibility index (Phi) is 11.8. The number of carbonyl (C=O) groups excluding carboxylic acids is 6. The van der Waals surface area contributed by atoms with E-state index in [2.05, 4.69) is 50.0 Å². The van der Waals surface area contributed by atoms with Gasteiger partial charge in [-0.15, -0.1) is 0 Å². The summed E-state index contributed by atoms with van der Waals surface area (Å²) < 4.78 is 20.7. The minimum atomic E-state index is -1.55. The van der Waals surface area contributed by atoms with E-state index < -0.39 is 53.7 Å². The van der Waals surface area contributed by atoms with Crippen LogP contribution in [0.3, 0.4) is 0 Å². The first-order valence-corrected chi connectivity index (χ1v) is 24.0. The van der Waals surface area contributed by atoms with Gasteiger partial charge in [-0.2, -0.15) is 0 Å². The van der Waals surface area contributed by atoms with E-state index in [1.807, 2.05) is 25.1 Å². The first kappa shape index (κ1) is 44.0. The molecule has 3 saturated carbocycles. The minimum Gasteiger partial charge on any atom is -0.475 e. The van der Waals surface area contributed by atoms with Crippen LogP contribution in [0.2, 0.25) is 0 Å². The predicted octanol–water partition coefficient (Wildman–Crippen LogP) is 5.46. The van der Waals surface area contributed by atoms with E-state index in [1.54, 1.807) is 18.3 Å². The van der Waals surface area contributed by atoms with Crippen LogP contribution >= 0.6 is 0 Å². The molecule has 15 heteroatoms. The number of nitrogens with zero attached hydrogens (tertiary/aromatic N) is 3. The van der Waals surface area contributed by atoms with E-state index in [4.69, 9.17) is 4.74 Å². The Morgan fingerprint density at radius 1 is 0.939 bits per heavy atom. The number of piperidine rings is 1. The predicted molar refractivity (Wildman–Crippen MR) is 243 cm³/mol. The van der Waals surface area contributed by atoms with Gasteiger partial charge < -0.3 is 25.6 Å². The summed E-state index contributed by atoms with van der Waals surface area (Å²) in [5.41, 5.74) is 3.81. The van der Waals surface area contributed by atoms with Crippen molar-refractivity contribution in [2.45, 2.75) is 127 Å². The molecule has 4 aliphatic heterocycles. The normalized spacial score (nSPS) is 30.6. The third-order valence-electron chi connectivity index (χ3n) is 16.0. The molecule has 1 aromatic heterocycles. The lowest BCUT2D eigenvalue weighted by Gasteiger charge is -2.53. The zero-order chi connectivity index (χ0) is 45.9. The second-order valence-electron chi connectivity index (χ2n) is 20.0. The largest absolute Gasteiger partial charge is 0.475 e. The number of nitrogens with one attached hydrogen (secondary N) is 4. The number of rotatable bonds is 10. The molecule has 2 unspecified atom stereocenters. The number of pyridine rings is 1. The lowest BCUT2D eigenvalue weighted by Crippen LogP contribution is -2.54. The quantitative estimate of drug-likeness (QED) is 0.151. The van der Waals surface area contributed by atoms with Crippen molar-refractivity contribution in [2.24, 2.45) is 23.2 Å². The highest BCUT2D eigenvalue weighted by Crippen LogP contribution is 2.53. The van der Waals surface area contributed by atoms with Crippen LogP contribution in [-0.4, -0.2) is 107 Å². The van der Waals surface area contributed by atoms with Crippen molar-refractivity contribution >= 4 is 51.9 Å². The van der Waals surface area contributed by atoms with Crippen molar-refractivity contribution in [3.8, 4) is 17.7 Å². The average molecular weight is 900 g/mol. The molecular formula is C51H58FN7O7. The van der Waals surface area contributed by atoms with E-state index in [-0.39, 0.29) is 42.7 Å². The number of benzene rings is 2. The van der Waals surface area contributed by atoms with Crippen molar-refractivity contribution < 1.29 is 37.9 Å². The second-order valence-corrected chi connectivity index (χ2v) is 20.0. The molecule has 10 rings (SSSR count). The fourth-order valence-corrected chi connectivity index (χ4v) is 12.2. The molecule has 3 aliphatic carbocycles. The fraction of sp³-hybridized carbons (Fsp3) is 0.549. The Morgan fingerprint density at radius 2 is 1.73 bits per heavy atom. The standard InChI is InChI=1S/C51H58FN7O7/c1-3-34-40(56-47(63)44(34)52)27-66-48-38-21-30-17-20-53-45(61)37(30)22-36(38)31(25-54-48)12-11-28-7-9-29(10-8-28)26-58(2)33-15-18-51(19-16-33)23-32(24-51)55-39-6-4-5-35-43(39)50(65)59(49(35)64)41-13-14-42(60)57-46(41)62/h4-6,21-22,25,28-29,32-34,40-41,44,55H,3,7-10,13-20,23-24,26-27H2,1-2H3,(H,53,61)(H,56,63)(H,57,60,62)/t28?,29?,32?,33?,34-,40?,41?,44-,51?/m0/s1. The van der Waals surface area contributed by atoms with Gasteiger partial charge >= 0.3 is 0 Å². The van der Waals surface area contributed by atoms with Gasteiger partial charge in [-0.05, 0) is 132 Å². The molecule has 6 amide bonds. The number of anilines is 1. The van der Waals surface area contributed by atoms with Gasteiger partial charge in [-0.3, -0.25) is 39.0 Å². The Labute approximate surface area is 383 Å². The molecule has 7 aliphatic rings. The number of imide groups is 2. The van der Waals surface area contributed by atoms with Crippen LogP contribution in [0.15, 0.2) is 36.5 Å². The van der Waals surface area contributed by atoms with E-state index in [1.165, 1.54) is 0 Å². The first-order chi connectivity index (χ1) is 31.9. The maximum Gasteiger partial charge on any atom is 0.264 e. The molecule has 2 aromatic carbocycles. The topological polar surface area (TPSA) is 179 Å². The molecule has 1 spiro atoms. The van der Waals surface area contributed by atoms with Crippen molar-refractivity contribution in [1.29, 1.82) is 0 Å². The highest BCUT2D eigenvalue weighted by molar-refractivity contribution is 6.25. The molecule has 0 bridgehead atoms. The van der Waals surface area contributed by atoms with Crippen LogP contribution in [0.1, 0.15) is 133 Å². The van der Waals surface area contributed by atoms with Crippen LogP contribution in [0, 0.1) is 35.0 Å². The van der Waals surface area contributed by atoms with E-state index >= 15 is 0 Å². The summed E-state index contributed by atoms with van der Waals surface area (Å²) in [5.74, 6) is 5.10. The summed E-state index contributed by atoms with van der Waals surface area (Å²) in [6.45, 7) is 3.59. The van der Waals surface area contributed by atoms with Gasteiger partial charge in [0.05, 0.1) is 22.7 Å². The fourth-order valence-electron chi connectivity index (χ4n) is 12.2. The molecule has 5 fully saturated rings. The Hall–Kier alpha value is -5.88. The van der Waals surface area contributed by atoms with Crippen molar-refractivity contribution in [2.75, 3.05) is 32.1 Å². The maximum absolute atomic E-state index is 14.5. The summed E-state index contributed by atoms with van der Waals surface area (Å²) in [5, 5.41) is 13.1. The van der Waals surface area contributed by atoms with Gasteiger partial charge in [0.25, 0.3) is 23.6 Å². The van der Waals surface area contributed by atoms with Gasteiger partial charge in [0.15, 0.2) is 6.17 Å².